The van der Waals surface area contributed by atoms with Gasteiger partial charge < -0.3 is 9.67 Å². The van der Waals surface area contributed by atoms with Gasteiger partial charge in [-0.2, -0.15) is 5.26 Å². The molecule has 0 amide bonds. The van der Waals surface area contributed by atoms with Crippen molar-refractivity contribution in [3.8, 4) is 6.07 Å². The van der Waals surface area contributed by atoms with E-state index < -0.39 is 0 Å². The van der Waals surface area contributed by atoms with Gasteiger partial charge in [0.2, 0.25) is 0 Å². The summed E-state index contributed by atoms with van der Waals surface area (Å²) in [7, 11) is 0. The minimum absolute atomic E-state index is 0.145. The van der Waals surface area contributed by atoms with Crippen molar-refractivity contribution in [1.29, 1.82) is 5.26 Å². The van der Waals surface area contributed by atoms with Gasteiger partial charge in [-0.05, 0) is 62.7 Å². The zero-order chi connectivity index (χ0) is 16.1. The monoisotopic (exact) mass is 303 g/mol. The lowest BCUT2D eigenvalue weighted by Crippen LogP contribution is -2.37. The summed E-state index contributed by atoms with van der Waals surface area (Å²) in [5, 5.41) is 19.4. The summed E-state index contributed by atoms with van der Waals surface area (Å²) in [5.41, 5.74) is 1.97. The molecule has 4 heteroatoms. The molecule has 0 aliphatic carbocycles. The molecule has 0 bridgehead atoms. The fourth-order valence-corrected chi connectivity index (χ4v) is 3.44. The highest BCUT2D eigenvalue weighted by molar-refractivity contribution is 5.28. The summed E-state index contributed by atoms with van der Waals surface area (Å²) in [6.07, 6.45) is 5.02. The molecule has 0 aromatic carbocycles. The van der Waals surface area contributed by atoms with Crippen molar-refractivity contribution in [3.63, 3.8) is 0 Å². The van der Waals surface area contributed by atoms with E-state index in [4.69, 9.17) is 5.26 Å². The summed E-state index contributed by atoms with van der Waals surface area (Å²) in [6, 6.07) is 4.26. The van der Waals surface area contributed by atoms with Crippen LogP contribution in [0.4, 0.5) is 0 Å². The maximum absolute atomic E-state index is 10.3. The summed E-state index contributed by atoms with van der Waals surface area (Å²) < 4.78 is 2.01. The maximum Gasteiger partial charge on any atom is 0.120 e. The molecule has 1 N–H and O–H groups in total. The Kier molecular flexibility index (Phi) is 6.05. The van der Waals surface area contributed by atoms with E-state index in [0.717, 1.165) is 51.1 Å². The van der Waals surface area contributed by atoms with Gasteiger partial charge in [-0.25, -0.2) is 0 Å². The number of nitrogens with zero attached hydrogens (tertiary/aromatic N) is 3. The third-order valence-corrected chi connectivity index (χ3v) is 4.70. The van der Waals surface area contributed by atoms with Crippen LogP contribution in [0.1, 0.15) is 51.3 Å². The molecule has 1 fully saturated rings. The summed E-state index contributed by atoms with van der Waals surface area (Å²) in [6.45, 7) is 10.2. The zero-order valence-corrected chi connectivity index (χ0v) is 14.1. The summed E-state index contributed by atoms with van der Waals surface area (Å²) >= 11 is 0. The molecule has 1 unspecified atom stereocenters. The number of hydrogen-bond acceptors (Lipinski definition) is 3. The predicted molar refractivity (Wildman–Crippen MR) is 88.3 cm³/mol. The largest absolute Gasteiger partial charge is 0.393 e. The van der Waals surface area contributed by atoms with Crippen molar-refractivity contribution in [1.82, 2.24) is 9.47 Å². The van der Waals surface area contributed by atoms with E-state index in [1.807, 2.05) is 10.6 Å². The van der Waals surface area contributed by atoms with Crippen LogP contribution in [0.15, 0.2) is 12.3 Å². The SMILES string of the molecule is CCn1cc(CN2CCC(C(O)CC(C)C)CC2)cc1C#N. The molecule has 1 atom stereocenters. The topological polar surface area (TPSA) is 52.2 Å². The molecule has 4 nitrogen and oxygen atoms in total. The van der Waals surface area contributed by atoms with Crippen LogP contribution in [0.3, 0.4) is 0 Å². The third-order valence-electron chi connectivity index (χ3n) is 4.70. The molecule has 0 radical (unpaired) electrons. The standard InChI is InChI=1S/C18H29N3O/c1-4-21-13-15(10-17(21)11-19)12-20-7-5-16(6-8-20)18(22)9-14(2)3/h10,13-14,16,18,22H,4-9,12H2,1-3H3. The number of nitriles is 1. The molecule has 0 saturated carbocycles. The van der Waals surface area contributed by atoms with Crippen LogP contribution < -0.4 is 0 Å². The lowest BCUT2D eigenvalue weighted by molar-refractivity contribution is 0.0436. The molecule has 122 valence electrons. The molecule has 1 aliphatic rings. The van der Waals surface area contributed by atoms with E-state index in [1.165, 1.54) is 5.56 Å². The van der Waals surface area contributed by atoms with Gasteiger partial charge in [0.1, 0.15) is 11.8 Å². The normalized spacial score (nSPS) is 18.5. The second kappa shape index (κ2) is 7.80. The number of aliphatic hydroxyl groups excluding tert-OH is 1. The number of likely N-dealkylation sites (tertiary alicyclic amines) is 1. The van der Waals surface area contributed by atoms with E-state index in [0.29, 0.717) is 11.8 Å². The second-order valence-corrected chi connectivity index (χ2v) is 6.94. The van der Waals surface area contributed by atoms with Gasteiger partial charge in [-0.3, -0.25) is 4.90 Å². The first-order valence-corrected chi connectivity index (χ1v) is 8.53. The van der Waals surface area contributed by atoms with Crippen LogP contribution in [-0.2, 0) is 13.1 Å². The van der Waals surface area contributed by atoms with Gasteiger partial charge in [-0.1, -0.05) is 13.8 Å². The van der Waals surface area contributed by atoms with Gasteiger partial charge in [0.25, 0.3) is 0 Å². The number of aliphatic hydroxyl groups is 1. The highest BCUT2D eigenvalue weighted by Gasteiger charge is 2.25. The average molecular weight is 303 g/mol. The Morgan fingerprint density at radius 3 is 2.55 bits per heavy atom. The van der Waals surface area contributed by atoms with Crippen LogP contribution in [-0.4, -0.2) is 33.8 Å². The molecule has 1 aromatic heterocycles. The van der Waals surface area contributed by atoms with Crippen LogP contribution in [0.2, 0.25) is 0 Å². The van der Waals surface area contributed by atoms with Crippen molar-refractivity contribution >= 4 is 0 Å². The first-order valence-electron chi connectivity index (χ1n) is 8.53. The lowest BCUT2D eigenvalue weighted by atomic mass is 9.87. The molecule has 1 aliphatic heterocycles. The Hall–Kier alpha value is -1.31. The Labute approximate surface area is 134 Å². The van der Waals surface area contributed by atoms with E-state index in [2.05, 4.69) is 37.9 Å². The maximum atomic E-state index is 10.3. The van der Waals surface area contributed by atoms with Crippen LogP contribution in [0.25, 0.3) is 0 Å². The molecular weight excluding hydrogens is 274 g/mol. The smallest absolute Gasteiger partial charge is 0.120 e. The number of piperidine rings is 1. The van der Waals surface area contributed by atoms with Gasteiger partial charge in [0.05, 0.1) is 6.10 Å². The Balaban J connectivity index is 1.85. The average Bonchev–Trinajstić information content (AvgIpc) is 2.89. The molecule has 2 rings (SSSR count). The molecule has 1 aromatic rings. The zero-order valence-electron chi connectivity index (χ0n) is 14.1. The minimum atomic E-state index is -0.145. The lowest BCUT2D eigenvalue weighted by Gasteiger charge is -2.34. The Morgan fingerprint density at radius 1 is 1.36 bits per heavy atom. The number of aromatic nitrogens is 1. The molecule has 0 spiro atoms. The highest BCUT2D eigenvalue weighted by atomic mass is 16.3. The van der Waals surface area contributed by atoms with Crippen LogP contribution in [0, 0.1) is 23.2 Å². The van der Waals surface area contributed by atoms with Gasteiger partial charge in [-0.15, -0.1) is 0 Å². The van der Waals surface area contributed by atoms with Gasteiger partial charge in [0.15, 0.2) is 0 Å². The van der Waals surface area contributed by atoms with E-state index in [9.17, 15) is 5.11 Å². The highest BCUT2D eigenvalue weighted by Crippen LogP contribution is 2.25. The first kappa shape index (κ1) is 17.1. The molecular formula is C18H29N3O. The number of rotatable bonds is 6. The molecule has 22 heavy (non-hydrogen) atoms. The van der Waals surface area contributed by atoms with Gasteiger partial charge >= 0.3 is 0 Å². The fourth-order valence-electron chi connectivity index (χ4n) is 3.44. The Morgan fingerprint density at radius 2 is 2.05 bits per heavy atom. The first-order chi connectivity index (χ1) is 10.5. The van der Waals surface area contributed by atoms with Crippen molar-refractivity contribution in [2.45, 2.75) is 59.2 Å². The fraction of sp³-hybridized carbons (Fsp3) is 0.722. The molecule has 2 heterocycles. The van der Waals surface area contributed by atoms with Crippen molar-refractivity contribution in [2.75, 3.05) is 13.1 Å². The van der Waals surface area contributed by atoms with Crippen LogP contribution >= 0.6 is 0 Å². The minimum Gasteiger partial charge on any atom is -0.393 e. The van der Waals surface area contributed by atoms with E-state index in [-0.39, 0.29) is 6.10 Å². The number of aryl methyl sites for hydroxylation is 1. The number of hydrogen-bond donors (Lipinski definition) is 1. The Bertz CT molecular complexity index is 507. The predicted octanol–water partition coefficient (Wildman–Crippen LogP) is 3.00. The summed E-state index contributed by atoms with van der Waals surface area (Å²) in [4.78, 5) is 2.44. The van der Waals surface area contributed by atoms with Crippen molar-refractivity contribution < 1.29 is 5.11 Å². The van der Waals surface area contributed by atoms with Crippen molar-refractivity contribution in [2.24, 2.45) is 11.8 Å². The quantitative estimate of drug-likeness (QED) is 0.879. The van der Waals surface area contributed by atoms with Crippen LogP contribution in [0.5, 0.6) is 0 Å². The molecule has 1 saturated heterocycles. The summed E-state index contributed by atoms with van der Waals surface area (Å²) in [5.74, 6) is 1.01. The second-order valence-electron chi connectivity index (χ2n) is 6.94. The van der Waals surface area contributed by atoms with E-state index in [1.54, 1.807) is 0 Å². The third kappa shape index (κ3) is 4.34. The van der Waals surface area contributed by atoms with Crippen molar-refractivity contribution in [3.05, 3.63) is 23.5 Å². The van der Waals surface area contributed by atoms with Gasteiger partial charge in [0, 0.05) is 19.3 Å². The van der Waals surface area contributed by atoms with E-state index >= 15 is 0 Å².